The van der Waals surface area contributed by atoms with Crippen molar-refractivity contribution in [2.24, 2.45) is 0 Å². The molecule has 11 heteroatoms. The van der Waals surface area contributed by atoms with Crippen molar-refractivity contribution in [3.8, 4) is 5.75 Å². The fourth-order valence-electron chi connectivity index (χ4n) is 5.84. The van der Waals surface area contributed by atoms with Gasteiger partial charge in [-0.05, 0) is 60.4 Å². The van der Waals surface area contributed by atoms with Crippen LogP contribution in [-0.2, 0) is 38.2 Å². The van der Waals surface area contributed by atoms with Gasteiger partial charge in [0.2, 0.25) is 0 Å². The van der Waals surface area contributed by atoms with Crippen molar-refractivity contribution in [3.05, 3.63) is 64.7 Å². The van der Waals surface area contributed by atoms with Crippen LogP contribution in [-0.4, -0.2) is 110 Å². The molecule has 0 unspecified atom stereocenters. The lowest BCUT2D eigenvalue weighted by molar-refractivity contribution is -0.319. The zero-order valence-electron chi connectivity index (χ0n) is 23.4. The maximum Gasteiger partial charge on any atom is 0.186 e. The van der Waals surface area contributed by atoms with Crippen LogP contribution in [0.3, 0.4) is 0 Å². The van der Waals surface area contributed by atoms with Crippen molar-refractivity contribution >= 4 is 0 Å². The number of phenolic OH excluding ortho intramolecular Hbond substituents is 1. The normalized spacial score (nSPS) is 36.0. The number of aromatic hydroxyl groups is 1. The molecule has 11 nitrogen and oxygen atoms in total. The maximum absolute atomic E-state index is 10.7. The first kappa shape index (κ1) is 31.3. The van der Waals surface area contributed by atoms with Gasteiger partial charge in [0.25, 0.3) is 0 Å². The van der Waals surface area contributed by atoms with Crippen LogP contribution in [0.5, 0.6) is 5.75 Å². The second-order valence-corrected chi connectivity index (χ2v) is 11.6. The minimum Gasteiger partial charge on any atom is -0.508 e. The zero-order chi connectivity index (χ0) is 29.8. The Balaban J connectivity index is 1.24. The maximum atomic E-state index is 10.7. The Bertz CT molecular complexity index is 1140. The lowest BCUT2D eigenvalue weighted by Crippen LogP contribution is -2.60. The van der Waals surface area contributed by atoms with Crippen molar-refractivity contribution in [1.82, 2.24) is 0 Å². The van der Waals surface area contributed by atoms with Gasteiger partial charge in [0.05, 0.1) is 19.3 Å². The molecule has 0 saturated carbocycles. The fourth-order valence-corrected chi connectivity index (χ4v) is 5.84. The Kier molecular flexibility index (Phi) is 10.5. The molecule has 7 N–H and O–H groups in total. The molecular weight excluding hydrogens is 548 g/mol. The Morgan fingerprint density at radius 2 is 1.36 bits per heavy atom. The zero-order valence-corrected chi connectivity index (χ0v) is 23.4. The van der Waals surface area contributed by atoms with E-state index in [4.69, 9.17) is 18.9 Å². The van der Waals surface area contributed by atoms with E-state index in [-0.39, 0.29) is 12.7 Å². The van der Waals surface area contributed by atoms with Crippen LogP contribution in [0.2, 0.25) is 0 Å². The van der Waals surface area contributed by atoms with Crippen LogP contribution in [0.15, 0.2) is 42.5 Å². The van der Waals surface area contributed by atoms with Gasteiger partial charge < -0.3 is 54.7 Å². The summed E-state index contributed by atoms with van der Waals surface area (Å²) < 4.78 is 22.9. The van der Waals surface area contributed by atoms with Crippen LogP contribution >= 0.6 is 0 Å². The molecule has 0 aromatic heterocycles. The van der Waals surface area contributed by atoms with E-state index in [0.717, 1.165) is 47.9 Å². The van der Waals surface area contributed by atoms with Crippen molar-refractivity contribution < 1.29 is 54.7 Å². The average molecular weight is 591 g/mol. The standard InChI is InChI=1S/C31H42O11/c32-15-23-25(34)28(37)30(41-23)39-16-24-26(35)27(36)29(38)31(42-24)40-21-4-2-1-3-18-10-12-22(33)20(13-18)14-19-7-5-17(6-8-19)9-11-21/h5-8,10,12-13,21,23-38H,1-4,9,11,14-16H2/t21-,23-,24-,25-,26-,27+,28-,29-,30-,31-/m1/s1. The molecule has 0 radical (unpaired) electrons. The summed E-state index contributed by atoms with van der Waals surface area (Å²) in [6.07, 6.45) is -7.02. The Hall–Kier alpha value is -2.16. The number of aliphatic hydroxyl groups excluding tert-OH is 6. The Labute approximate surface area is 244 Å². The number of aliphatic hydroxyl groups is 6. The van der Waals surface area contributed by atoms with Crippen LogP contribution in [0.1, 0.15) is 47.9 Å². The first-order chi connectivity index (χ1) is 20.2. The van der Waals surface area contributed by atoms with Gasteiger partial charge in [0.1, 0.15) is 48.5 Å². The van der Waals surface area contributed by atoms with Gasteiger partial charge in [0.15, 0.2) is 12.6 Å². The summed E-state index contributed by atoms with van der Waals surface area (Å²) in [6.45, 7) is -0.841. The summed E-state index contributed by atoms with van der Waals surface area (Å²) in [5, 5.41) is 71.6. The number of hydrogen-bond acceptors (Lipinski definition) is 11. The number of hydrogen-bond donors (Lipinski definition) is 7. The lowest BCUT2D eigenvalue weighted by Gasteiger charge is -2.41. The number of fused-ring (bicyclic) bond motifs is 8. The van der Waals surface area contributed by atoms with Crippen LogP contribution in [0.4, 0.5) is 0 Å². The van der Waals surface area contributed by atoms with E-state index >= 15 is 0 Å². The average Bonchev–Trinajstić information content (AvgIpc) is 3.26. The van der Waals surface area contributed by atoms with E-state index in [9.17, 15) is 35.7 Å². The summed E-state index contributed by atoms with van der Waals surface area (Å²) >= 11 is 0. The van der Waals surface area contributed by atoms with E-state index in [0.29, 0.717) is 25.0 Å². The molecule has 2 aromatic rings. The van der Waals surface area contributed by atoms with E-state index in [1.807, 2.05) is 6.07 Å². The number of rotatable bonds is 6. The first-order valence-electron chi connectivity index (χ1n) is 14.7. The van der Waals surface area contributed by atoms with Crippen molar-refractivity contribution in [2.75, 3.05) is 13.2 Å². The highest BCUT2D eigenvalue weighted by atomic mass is 16.7. The van der Waals surface area contributed by atoms with Crippen LogP contribution in [0.25, 0.3) is 0 Å². The summed E-state index contributed by atoms with van der Waals surface area (Å²) in [7, 11) is 0. The minimum absolute atomic E-state index is 0.293. The molecule has 2 aliphatic heterocycles. The van der Waals surface area contributed by atoms with Gasteiger partial charge in [-0.2, -0.15) is 0 Å². The summed E-state index contributed by atoms with van der Waals surface area (Å²) in [4.78, 5) is 0. The van der Waals surface area contributed by atoms with Gasteiger partial charge in [-0.25, -0.2) is 0 Å². The molecule has 10 atom stereocenters. The number of phenols is 1. The van der Waals surface area contributed by atoms with Crippen LogP contribution in [0, 0.1) is 0 Å². The molecule has 2 heterocycles. The lowest BCUT2D eigenvalue weighted by atomic mass is 9.98. The topological polar surface area (TPSA) is 179 Å². The molecular formula is C31H42O11. The van der Waals surface area contributed by atoms with Gasteiger partial charge >= 0.3 is 0 Å². The van der Waals surface area contributed by atoms with E-state index in [2.05, 4.69) is 30.3 Å². The number of aryl methyl sites for hydroxylation is 2. The first-order valence-corrected chi connectivity index (χ1v) is 14.7. The van der Waals surface area contributed by atoms with Gasteiger partial charge in [-0.3, -0.25) is 0 Å². The fraction of sp³-hybridized carbons (Fsp3) is 0.613. The molecule has 4 aliphatic rings. The second kappa shape index (κ2) is 14.1. The smallest absolute Gasteiger partial charge is 0.186 e. The highest BCUT2D eigenvalue weighted by Crippen LogP contribution is 2.29. The third-order valence-corrected chi connectivity index (χ3v) is 8.48. The van der Waals surface area contributed by atoms with Gasteiger partial charge in [-0.15, -0.1) is 0 Å². The predicted molar refractivity (Wildman–Crippen MR) is 148 cm³/mol. The molecule has 232 valence electrons. The SMILES string of the molecule is OC[C@H]1O[C@@H](OC[C@H]2O[C@@H](O[C@@H]3CCCCc4ccc(O)c(c4)Cc4ccc(cc4)CC3)[C@H](O)[C@@H](O)[C@@H]2O)[C@H](O)[C@@H]1O. The van der Waals surface area contributed by atoms with Crippen molar-refractivity contribution in [1.29, 1.82) is 0 Å². The molecule has 6 rings (SSSR count). The Morgan fingerprint density at radius 1 is 0.690 bits per heavy atom. The van der Waals surface area contributed by atoms with E-state index < -0.39 is 61.9 Å². The molecule has 0 amide bonds. The number of ether oxygens (including phenoxy) is 4. The van der Waals surface area contributed by atoms with Crippen molar-refractivity contribution in [3.63, 3.8) is 0 Å². The van der Waals surface area contributed by atoms with Gasteiger partial charge in [0, 0.05) is 6.42 Å². The molecule has 2 saturated heterocycles. The molecule has 0 spiro atoms. The molecule has 2 aliphatic carbocycles. The van der Waals surface area contributed by atoms with Gasteiger partial charge in [-0.1, -0.05) is 42.8 Å². The summed E-state index contributed by atoms with van der Waals surface area (Å²) in [6, 6.07) is 14.0. The van der Waals surface area contributed by atoms with Crippen LogP contribution < -0.4 is 0 Å². The molecule has 2 fully saturated rings. The van der Waals surface area contributed by atoms with Crippen molar-refractivity contribution in [2.45, 2.75) is 106 Å². The summed E-state index contributed by atoms with van der Waals surface area (Å²) in [5.74, 6) is 0.293. The quantitative estimate of drug-likeness (QED) is 0.246. The molecule has 2 aromatic carbocycles. The summed E-state index contributed by atoms with van der Waals surface area (Å²) in [5.41, 5.74) is 4.26. The third-order valence-electron chi connectivity index (χ3n) is 8.48. The third kappa shape index (κ3) is 7.31. The predicted octanol–water partition coefficient (Wildman–Crippen LogP) is 0.290. The van der Waals surface area contributed by atoms with E-state index in [1.165, 1.54) is 0 Å². The monoisotopic (exact) mass is 590 g/mol. The molecule has 4 bridgehead atoms. The molecule has 42 heavy (non-hydrogen) atoms. The largest absolute Gasteiger partial charge is 0.508 e. The Morgan fingerprint density at radius 3 is 2.10 bits per heavy atom. The highest BCUT2D eigenvalue weighted by molar-refractivity contribution is 5.40. The minimum atomic E-state index is -1.57. The highest BCUT2D eigenvalue weighted by Gasteiger charge is 2.47. The number of benzene rings is 2. The van der Waals surface area contributed by atoms with E-state index in [1.54, 1.807) is 6.07 Å². The second-order valence-electron chi connectivity index (χ2n) is 11.6.